The van der Waals surface area contributed by atoms with Crippen molar-refractivity contribution in [2.45, 2.75) is 27.2 Å². The monoisotopic (exact) mass is 333 g/mol. The molecule has 20 heavy (non-hydrogen) atoms. The van der Waals surface area contributed by atoms with E-state index < -0.39 is 0 Å². The molecular weight excluding hydrogens is 314 g/mol. The van der Waals surface area contributed by atoms with Crippen LogP contribution in [0.25, 0.3) is 11.4 Å². The van der Waals surface area contributed by atoms with Gasteiger partial charge in [-0.05, 0) is 35.2 Å². The minimum absolute atomic E-state index is 0.555. The SMILES string of the molecule is CCNc1nc(-c2ccccc2)nc(CC(C)C)c1Br. The fourth-order valence-corrected chi connectivity index (χ4v) is 2.50. The maximum absolute atomic E-state index is 4.73. The Kier molecular flexibility index (Phi) is 5.12. The van der Waals surface area contributed by atoms with Gasteiger partial charge in [0.05, 0.1) is 10.2 Å². The van der Waals surface area contributed by atoms with E-state index >= 15 is 0 Å². The molecule has 3 nitrogen and oxygen atoms in total. The van der Waals surface area contributed by atoms with Crippen molar-refractivity contribution in [1.82, 2.24) is 9.97 Å². The Labute approximate surface area is 129 Å². The van der Waals surface area contributed by atoms with E-state index in [4.69, 9.17) is 4.98 Å². The van der Waals surface area contributed by atoms with Crippen molar-refractivity contribution in [1.29, 1.82) is 0 Å². The van der Waals surface area contributed by atoms with Crippen LogP contribution in [0.1, 0.15) is 26.5 Å². The van der Waals surface area contributed by atoms with Crippen molar-refractivity contribution in [3.63, 3.8) is 0 Å². The largest absolute Gasteiger partial charge is 0.369 e. The van der Waals surface area contributed by atoms with Gasteiger partial charge in [-0.15, -0.1) is 0 Å². The first-order chi connectivity index (χ1) is 9.61. The average Bonchev–Trinajstić information content (AvgIpc) is 2.44. The fraction of sp³-hybridized carbons (Fsp3) is 0.375. The van der Waals surface area contributed by atoms with Gasteiger partial charge in [0.15, 0.2) is 5.82 Å². The van der Waals surface area contributed by atoms with Gasteiger partial charge < -0.3 is 5.32 Å². The van der Waals surface area contributed by atoms with Crippen molar-refractivity contribution in [2.75, 3.05) is 11.9 Å². The highest BCUT2D eigenvalue weighted by molar-refractivity contribution is 9.10. The molecule has 0 saturated carbocycles. The maximum Gasteiger partial charge on any atom is 0.161 e. The Bertz CT molecular complexity index is 567. The summed E-state index contributed by atoms with van der Waals surface area (Å²) in [7, 11) is 0. The highest BCUT2D eigenvalue weighted by Gasteiger charge is 2.14. The number of halogens is 1. The highest BCUT2D eigenvalue weighted by Crippen LogP contribution is 2.28. The summed E-state index contributed by atoms with van der Waals surface area (Å²) in [6.45, 7) is 7.30. The van der Waals surface area contributed by atoms with Gasteiger partial charge in [0.2, 0.25) is 0 Å². The number of nitrogens with zero attached hydrogens (tertiary/aromatic N) is 2. The summed E-state index contributed by atoms with van der Waals surface area (Å²) in [4.78, 5) is 9.36. The van der Waals surface area contributed by atoms with E-state index in [2.05, 4.69) is 47.0 Å². The van der Waals surface area contributed by atoms with Crippen LogP contribution < -0.4 is 5.32 Å². The summed E-state index contributed by atoms with van der Waals surface area (Å²) in [5, 5.41) is 3.30. The molecule has 0 radical (unpaired) electrons. The van der Waals surface area contributed by atoms with Gasteiger partial charge in [-0.1, -0.05) is 44.2 Å². The normalized spacial score (nSPS) is 10.8. The summed E-state index contributed by atoms with van der Waals surface area (Å²) in [6.07, 6.45) is 0.932. The Balaban J connectivity index is 2.49. The van der Waals surface area contributed by atoms with E-state index in [-0.39, 0.29) is 0 Å². The molecular formula is C16H20BrN3. The zero-order valence-corrected chi connectivity index (χ0v) is 13.7. The number of nitrogens with one attached hydrogen (secondary N) is 1. The van der Waals surface area contributed by atoms with Crippen LogP contribution in [0.5, 0.6) is 0 Å². The zero-order chi connectivity index (χ0) is 14.5. The smallest absolute Gasteiger partial charge is 0.161 e. The highest BCUT2D eigenvalue weighted by atomic mass is 79.9. The summed E-state index contributed by atoms with van der Waals surface area (Å²) in [5.74, 6) is 2.21. The molecule has 0 aliphatic carbocycles. The lowest BCUT2D eigenvalue weighted by Crippen LogP contribution is -2.08. The molecule has 0 spiro atoms. The van der Waals surface area contributed by atoms with Crippen LogP contribution in [0.15, 0.2) is 34.8 Å². The predicted molar refractivity (Wildman–Crippen MR) is 87.9 cm³/mol. The first-order valence-corrected chi connectivity index (χ1v) is 7.76. The number of benzene rings is 1. The molecule has 1 heterocycles. The van der Waals surface area contributed by atoms with Crippen LogP contribution >= 0.6 is 15.9 Å². The molecule has 0 saturated heterocycles. The molecule has 106 valence electrons. The standard InChI is InChI=1S/C16H20BrN3/c1-4-18-16-14(17)13(10-11(2)3)19-15(20-16)12-8-6-5-7-9-12/h5-9,11H,4,10H2,1-3H3,(H,18,19,20). The van der Waals surface area contributed by atoms with Gasteiger partial charge in [-0.25, -0.2) is 9.97 Å². The maximum atomic E-state index is 4.73. The van der Waals surface area contributed by atoms with Crippen molar-refractivity contribution < 1.29 is 0 Å². The topological polar surface area (TPSA) is 37.8 Å². The second kappa shape index (κ2) is 6.84. The number of aromatic nitrogens is 2. The van der Waals surface area contributed by atoms with Crippen molar-refractivity contribution in [3.05, 3.63) is 40.5 Å². The zero-order valence-electron chi connectivity index (χ0n) is 12.2. The Hall–Kier alpha value is -1.42. The molecule has 2 aromatic rings. The third kappa shape index (κ3) is 3.57. The first-order valence-electron chi connectivity index (χ1n) is 6.97. The summed E-state index contributed by atoms with van der Waals surface area (Å²) >= 11 is 3.63. The lowest BCUT2D eigenvalue weighted by Gasteiger charge is -2.13. The molecule has 0 aliphatic heterocycles. The molecule has 1 N–H and O–H groups in total. The van der Waals surface area contributed by atoms with E-state index in [1.807, 2.05) is 30.3 Å². The van der Waals surface area contributed by atoms with E-state index in [9.17, 15) is 0 Å². The van der Waals surface area contributed by atoms with E-state index in [0.29, 0.717) is 5.92 Å². The molecule has 0 atom stereocenters. The van der Waals surface area contributed by atoms with Gasteiger partial charge in [-0.3, -0.25) is 0 Å². The lowest BCUT2D eigenvalue weighted by molar-refractivity contribution is 0.632. The van der Waals surface area contributed by atoms with E-state index in [0.717, 1.165) is 40.3 Å². The predicted octanol–water partition coefficient (Wildman–Crippen LogP) is 4.54. The van der Waals surface area contributed by atoms with Crippen LogP contribution in [0, 0.1) is 5.92 Å². The second-order valence-corrected chi connectivity index (χ2v) is 5.94. The quantitative estimate of drug-likeness (QED) is 0.872. The van der Waals surface area contributed by atoms with Crippen LogP contribution in [0.3, 0.4) is 0 Å². The minimum Gasteiger partial charge on any atom is -0.369 e. The van der Waals surface area contributed by atoms with Crippen LogP contribution in [-0.4, -0.2) is 16.5 Å². The number of anilines is 1. The van der Waals surface area contributed by atoms with Gasteiger partial charge in [0.1, 0.15) is 5.82 Å². The Morgan fingerprint density at radius 1 is 1.15 bits per heavy atom. The number of rotatable bonds is 5. The molecule has 1 aromatic carbocycles. The van der Waals surface area contributed by atoms with Crippen LogP contribution in [-0.2, 0) is 6.42 Å². The molecule has 4 heteroatoms. The first kappa shape index (κ1) is 15.0. The molecule has 0 unspecified atom stereocenters. The molecule has 1 aromatic heterocycles. The second-order valence-electron chi connectivity index (χ2n) is 5.15. The molecule has 0 amide bonds. The van der Waals surface area contributed by atoms with Gasteiger partial charge in [-0.2, -0.15) is 0 Å². The van der Waals surface area contributed by atoms with Gasteiger partial charge in [0.25, 0.3) is 0 Å². The van der Waals surface area contributed by atoms with Crippen molar-refractivity contribution in [2.24, 2.45) is 5.92 Å². The van der Waals surface area contributed by atoms with Gasteiger partial charge in [0, 0.05) is 12.1 Å². The molecule has 0 fully saturated rings. The number of hydrogen-bond donors (Lipinski definition) is 1. The van der Waals surface area contributed by atoms with Crippen LogP contribution in [0.4, 0.5) is 5.82 Å². The van der Waals surface area contributed by atoms with Crippen molar-refractivity contribution in [3.8, 4) is 11.4 Å². The summed E-state index contributed by atoms with van der Waals surface area (Å²) in [5.41, 5.74) is 2.11. The average molecular weight is 334 g/mol. The Morgan fingerprint density at radius 2 is 1.85 bits per heavy atom. The molecule has 2 rings (SSSR count). The van der Waals surface area contributed by atoms with E-state index in [1.165, 1.54) is 0 Å². The van der Waals surface area contributed by atoms with Crippen LogP contribution in [0.2, 0.25) is 0 Å². The number of hydrogen-bond acceptors (Lipinski definition) is 3. The lowest BCUT2D eigenvalue weighted by atomic mass is 10.1. The molecule has 0 aliphatic rings. The minimum atomic E-state index is 0.555. The third-order valence-corrected chi connectivity index (χ3v) is 3.73. The fourth-order valence-electron chi connectivity index (χ4n) is 2.02. The summed E-state index contributed by atoms with van der Waals surface area (Å²) < 4.78 is 0.979. The van der Waals surface area contributed by atoms with Gasteiger partial charge >= 0.3 is 0 Å². The van der Waals surface area contributed by atoms with E-state index in [1.54, 1.807) is 0 Å². The molecule has 0 bridgehead atoms. The Morgan fingerprint density at radius 3 is 2.45 bits per heavy atom. The third-order valence-electron chi connectivity index (χ3n) is 2.90. The van der Waals surface area contributed by atoms with Crippen molar-refractivity contribution >= 4 is 21.7 Å². The summed E-state index contributed by atoms with van der Waals surface area (Å²) in [6, 6.07) is 10.1.